The lowest BCUT2D eigenvalue weighted by Gasteiger charge is -1.94. The van der Waals surface area contributed by atoms with Crippen LogP contribution in [-0.4, -0.2) is 4.57 Å². The molecule has 0 saturated heterocycles. The Kier molecular flexibility index (Phi) is 1.38. The molecule has 1 aromatic heterocycles. The summed E-state index contributed by atoms with van der Waals surface area (Å²) in [6.45, 7) is 6.84. The van der Waals surface area contributed by atoms with Gasteiger partial charge in [0.15, 0.2) is 5.69 Å². The van der Waals surface area contributed by atoms with E-state index in [4.69, 9.17) is 6.57 Å². The molecule has 2 rings (SSSR count). The highest BCUT2D eigenvalue weighted by Crippen LogP contribution is 2.21. The van der Waals surface area contributed by atoms with Gasteiger partial charge in [0.2, 0.25) is 0 Å². The summed E-state index contributed by atoms with van der Waals surface area (Å²) in [7, 11) is 2.00. The summed E-state index contributed by atoms with van der Waals surface area (Å²) in [5.74, 6) is 0. The Morgan fingerprint density at radius 1 is 1.33 bits per heavy atom. The van der Waals surface area contributed by atoms with Gasteiger partial charge in [0.1, 0.15) is 0 Å². The second-order valence-corrected chi connectivity index (χ2v) is 2.78. The zero-order chi connectivity index (χ0) is 8.55. The van der Waals surface area contributed by atoms with Crippen LogP contribution in [0.15, 0.2) is 30.5 Å². The van der Waals surface area contributed by atoms with Crippen molar-refractivity contribution in [3.8, 4) is 0 Å². The minimum absolute atomic E-state index is 0.703. The highest BCUT2D eigenvalue weighted by Gasteiger charge is 1.97. The lowest BCUT2D eigenvalue weighted by Crippen LogP contribution is -1.81. The van der Waals surface area contributed by atoms with E-state index in [1.165, 1.54) is 5.52 Å². The predicted octanol–water partition coefficient (Wildman–Crippen LogP) is 2.73. The Morgan fingerprint density at radius 2 is 2.17 bits per heavy atom. The first-order valence-corrected chi connectivity index (χ1v) is 3.74. The molecule has 0 amide bonds. The van der Waals surface area contributed by atoms with Crippen LogP contribution in [0.3, 0.4) is 0 Å². The molecule has 0 bridgehead atoms. The second-order valence-electron chi connectivity index (χ2n) is 2.78. The molecule has 0 spiro atoms. The normalized spacial score (nSPS) is 10.0. The fourth-order valence-corrected chi connectivity index (χ4v) is 1.34. The van der Waals surface area contributed by atoms with Crippen molar-refractivity contribution in [2.75, 3.05) is 0 Å². The lowest BCUT2D eigenvalue weighted by atomic mass is 10.2. The fourth-order valence-electron chi connectivity index (χ4n) is 1.34. The molecule has 0 aliphatic rings. The quantitative estimate of drug-likeness (QED) is 0.519. The van der Waals surface area contributed by atoms with Gasteiger partial charge < -0.3 is 4.57 Å². The molecule has 0 aliphatic heterocycles. The number of rotatable bonds is 0. The van der Waals surface area contributed by atoms with Crippen LogP contribution >= 0.6 is 0 Å². The first-order chi connectivity index (χ1) is 5.81. The van der Waals surface area contributed by atoms with Gasteiger partial charge >= 0.3 is 0 Å². The Hall–Kier alpha value is -1.75. The number of fused-ring (bicyclic) bond motifs is 1. The molecule has 0 atom stereocenters. The van der Waals surface area contributed by atoms with Gasteiger partial charge in [-0.1, -0.05) is 6.07 Å². The maximum atomic E-state index is 6.84. The molecule has 2 heteroatoms. The summed E-state index contributed by atoms with van der Waals surface area (Å²) in [6.07, 6.45) is 2.00. The minimum atomic E-state index is 0.703. The molecule has 0 aliphatic carbocycles. The zero-order valence-corrected chi connectivity index (χ0v) is 6.78. The van der Waals surface area contributed by atoms with E-state index < -0.39 is 0 Å². The van der Waals surface area contributed by atoms with Crippen molar-refractivity contribution in [2.24, 2.45) is 7.05 Å². The van der Waals surface area contributed by atoms with Crippen LogP contribution in [0, 0.1) is 6.57 Å². The van der Waals surface area contributed by atoms with Crippen LogP contribution in [0.1, 0.15) is 0 Å². The van der Waals surface area contributed by atoms with Crippen LogP contribution in [-0.2, 0) is 7.05 Å². The SMILES string of the molecule is [C-]#[N+]c1ccc2c(ccn2C)c1. The van der Waals surface area contributed by atoms with Gasteiger partial charge in [-0.05, 0) is 23.6 Å². The van der Waals surface area contributed by atoms with Crippen molar-refractivity contribution in [3.63, 3.8) is 0 Å². The highest BCUT2D eigenvalue weighted by atomic mass is 14.9. The maximum Gasteiger partial charge on any atom is 0.187 e. The number of benzene rings is 1. The Morgan fingerprint density at radius 3 is 2.92 bits per heavy atom. The van der Waals surface area contributed by atoms with Crippen molar-refractivity contribution in [3.05, 3.63) is 41.9 Å². The Bertz CT molecular complexity index is 460. The first kappa shape index (κ1) is 6.93. The van der Waals surface area contributed by atoms with Gasteiger partial charge in [0.05, 0.1) is 6.57 Å². The zero-order valence-electron chi connectivity index (χ0n) is 6.78. The number of hydrogen-bond donors (Lipinski definition) is 0. The van der Waals surface area contributed by atoms with E-state index in [-0.39, 0.29) is 0 Å². The van der Waals surface area contributed by atoms with Gasteiger partial charge in [-0.3, -0.25) is 0 Å². The van der Waals surface area contributed by atoms with Crippen molar-refractivity contribution < 1.29 is 0 Å². The summed E-state index contributed by atoms with van der Waals surface area (Å²) in [4.78, 5) is 3.37. The number of hydrogen-bond acceptors (Lipinski definition) is 0. The van der Waals surface area contributed by atoms with Gasteiger partial charge in [-0.2, -0.15) is 0 Å². The first-order valence-electron chi connectivity index (χ1n) is 3.74. The van der Waals surface area contributed by atoms with E-state index in [0.29, 0.717) is 5.69 Å². The topological polar surface area (TPSA) is 9.29 Å². The number of aryl methyl sites for hydroxylation is 1. The molecule has 0 saturated carbocycles. The molecule has 2 nitrogen and oxygen atoms in total. The van der Waals surface area contributed by atoms with Crippen molar-refractivity contribution in [2.45, 2.75) is 0 Å². The third kappa shape index (κ3) is 0.876. The summed E-state index contributed by atoms with van der Waals surface area (Å²) in [6, 6.07) is 7.74. The maximum absolute atomic E-state index is 6.84. The molecule has 1 heterocycles. The Labute approximate surface area is 70.9 Å². The monoisotopic (exact) mass is 156 g/mol. The number of nitrogens with zero attached hydrogens (tertiary/aromatic N) is 2. The fraction of sp³-hybridized carbons (Fsp3) is 0.100. The Balaban J connectivity index is 2.80. The minimum Gasteiger partial charge on any atom is -0.351 e. The molecular formula is C10H8N2. The molecule has 58 valence electrons. The van der Waals surface area contributed by atoms with Crippen molar-refractivity contribution in [1.29, 1.82) is 0 Å². The summed E-state index contributed by atoms with van der Waals surface area (Å²) in [5, 5.41) is 1.13. The van der Waals surface area contributed by atoms with Crippen LogP contribution < -0.4 is 0 Å². The van der Waals surface area contributed by atoms with Crippen LogP contribution in [0.2, 0.25) is 0 Å². The second kappa shape index (κ2) is 2.38. The average Bonchev–Trinajstić information content (AvgIpc) is 2.47. The molecule has 0 fully saturated rings. The average molecular weight is 156 g/mol. The van der Waals surface area contributed by atoms with Crippen LogP contribution in [0.4, 0.5) is 5.69 Å². The van der Waals surface area contributed by atoms with Gasteiger partial charge in [-0.15, -0.1) is 0 Å². The third-order valence-electron chi connectivity index (χ3n) is 2.00. The van der Waals surface area contributed by atoms with Crippen LogP contribution in [0.25, 0.3) is 15.7 Å². The van der Waals surface area contributed by atoms with E-state index in [1.807, 2.05) is 42.1 Å². The molecule has 12 heavy (non-hydrogen) atoms. The molecule has 0 N–H and O–H groups in total. The predicted molar refractivity (Wildman–Crippen MR) is 49.2 cm³/mol. The van der Waals surface area contributed by atoms with Gasteiger partial charge in [-0.25, -0.2) is 4.85 Å². The molecule has 0 radical (unpaired) electrons. The summed E-state index contributed by atoms with van der Waals surface area (Å²) >= 11 is 0. The summed E-state index contributed by atoms with van der Waals surface area (Å²) in [5.41, 5.74) is 1.87. The van der Waals surface area contributed by atoms with Gasteiger partial charge in [0, 0.05) is 18.8 Å². The van der Waals surface area contributed by atoms with E-state index in [0.717, 1.165) is 5.39 Å². The van der Waals surface area contributed by atoms with E-state index >= 15 is 0 Å². The number of aromatic nitrogens is 1. The van der Waals surface area contributed by atoms with Crippen LogP contribution in [0.5, 0.6) is 0 Å². The van der Waals surface area contributed by atoms with Crippen molar-refractivity contribution >= 4 is 16.6 Å². The highest BCUT2D eigenvalue weighted by molar-refractivity contribution is 5.83. The van der Waals surface area contributed by atoms with Gasteiger partial charge in [0.25, 0.3) is 0 Å². The largest absolute Gasteiger partial charge is 0.351 e. The standard InChI is InChI=1S/C10H8N2/c1-11-9-3-4-10-8(7-9)5-6-12(10)2/h3-7H,2H3. The molecule has 2 aromatic rings. The van der Waals surface area contributed by atoms with E-state index in [2.05, 4.69) is 4.85 Å². The lowest BCUT2D eigenvalue weighted by molar-refractivity contribution is 0.969. The van der Waals surface area contributed by atoms with E-state index in [1.54, 1.807) is 0 Å². The molecular weight excluding hydrogens is 148 g/mol. The van der Waals surface area contributed by atoms with E-state index in [9.17, 15) is 0 Å². The van der Waals surface area contributed by atoms with Crippen molar-refractivity contribution in [1.82, 2.24) is 4.57 Å². The molecule has 0 unspecified atom stereocenters. The third-order valence-corrected chi connectivity index (χ3v) is 2.00. The smallest absolute Gasteiger partial charge is 0.187 e. The molecule has 1 aromatic carbocycles. The summed E-state index contributed by atoms with van der Waals surface area (Å²) < 4.78 is 2.04.